The molecule has 4 rings (SSSR count). The van der Waals surface area contributed by atoms with Crippen LogP contribution in [0, 0.1) is 0 Å². The average molecular weight is 388 g/mol. The number of benzene rings is 3. The molecule has 1 heterocycles. The number of thiazole rings is 1. The molecular formula is C23H20N2O2S. The molecule has 1 aromatic heterocycles. The number of anilines is 1. The molecule has 0 aliphatic carbocycles. The number of carbonyl (C=O) groups is 1. The zero-order valence-electron chi connectivity index (χ0n) is 15.7. The lowest BCUT2D eigenvalue weighted by atomic mass is 9.97. The Morgan fingerprint density at radius 2 is 1.79 bits per heavy atom. The third kappa shape index (κ3) is 3.75. The first kappa shape index (κ1) is 18.2. The van der Waals surface area contributed by atoms with Gasteiger partial charge in [-0.15, -0.1) is 11.3 Å². The first-order chi connectivity index (χ1) is 13.6. The van der Waals surface area contributed by atoms with E-state index in [1.807, 2.05) is 66.9 Å². The number of methoxy groups -OCH3 is 1. The molecule has 0 fully saturated rings. The van der Waals surface area contributed by atoms with Gasteiger partial charge in [0.1, 0.15) is 10.8 Å². The topological polar surface area (TPSA) is 51.2 Å². The van der Waals surface area contributed by atoms with E-state index in [2.05, 4.69) is 16.4 Å². The Balaban J connectivity index is 1.49. The lowest BCUT2D eigenvalue weighted by Gasteiger charge is -2.14. The van der Waals surface area contributed by atoms with Crippen LogP contribution < -0.4 is 10.1 Å². The number of fused-ring (bicyclic) bond motifs is 1. The standard InChI is InChI=1S/C23H20N2O2S/c1-15(17-3-4-19-14-21(27-2)10-7-18(19)13-17)22(26)25-20-8-5-16(6-9-20)23-24-11-12-28-23/h3-15H,1-2H3,(H,25,26)/t15-/m0/s1. The van der Waals surface area contributed by atoms with Crippen LogP contribution in [0.3, 0.4) is 0 Å². The third-order valence-electron chi connectivity index (χ3n) is 4.80. The lowest BCUT2D eigenvalue weighted by Crippen LogP contribution is -2.18. The first-order valence-electron chi connectivity index (χ1n) is 9.02. The molecule has 140 valence electrons. The first-order valence-corrected chi connectivity index (χ1v) is 9.90. The summed E-state index contributed by atoms with van der Waals surface area (Å²) in [5, 5.41) is 8.10. The van der Waals surface area contributed by atoms with E-state index in [-0.39, 0.29) is 11.8 Å². The molecule has 5 heteroatoms. The van der Waals surface area contributed by atoms with Crippen molar-refractivity contribution in [2.45, 2.75) is 12.8 Å². The van der Waals surface area contributed by atoms with Gasteiger partial charge in [-0.1, -0.05) is 24.3 Å². The van der Waals surface area contributed by atoms with Gasteiger partial charge in [0.25, 0.3) is 0 Å². The number of hydrogen-bond donors (Lipinski definition) is 1. The molecule has 0 bridgehead atoms. The maximum absolute atomic E-state index is 12.7. The molecule has 0 radical (unpaired) electrons. The van der Waals surface area contributed by atoms with E-state index < -0.39 is 0 Å². The van der Waals surface area contributed by atoms with Crippen LogP contribution in [0.5, 0.6) is 5.75 Å². The fraction of sp³-hybridized carbons (Fsp3) is 0.130. The highest BCUT2D eigenvalue weighted by atomic mass is 32.1. The van der Waals surface area contributed by atoms with Gasteiger partial charge >= 0.3 is 0 Å². The maximum Gasteiger partial charge on any atom is 0.231 e. The van der Waals surface area contributed by atoms with Crippen LogP contribution in [0.25, 0.3) is 21.3 Å². The number of amides is 1. The molecule has 1 amide bonds. The summed E-state index contributed by atoms with van der Waals surface area (Å²) in [6.45, 7) is 1.92. The largest absolute Gasteiger partial charge is 0.497 e. The van der Waals surface area contributed by atoms with Crippen molar-refractivity contribution >= 4 is 33.7 Å². The normalized spacial score (nSPS) is 11.9. The third-order valence-corrected chi connectivity index (χ3v) is 5.62. The van der Waals surface area contributed by atoms with Gasteiger partial charge in [-0.05, 0) is 59.7 Å². The highest BCUT2D eigenvalue weighted by molar-refractivity contribution is 7.13. The van der Waals surface area contributed by atoms with E-state index in [9.17, 15) is 4.79 Å². The number of carbonyl (C=O) groups excluding carboxylic acids is 1. The van der Waals surface area contributed by atoms with Crippen molar-refractivity contribution in [2.24, 2.45) is 0 Å². The second-order valence-corrected chi connectivity index (χ2v) is 7.49. The monoisotopic (exact) mass is 388 g/mol. The van der Waals surface area contributed by atoms with Gasteiger partial charge < -0.3 is 10.1 Å². The second kappa shape index (κ2) is 7.82. The Kier molecular flexibility index (Phi) is 5.08. The quantitative estimate of drug-likeness (QED) is 0.476. The summed E-state index contributed by atoms with van der Waals surface area (Å²) in [4.78, 5) is 17.0. The van der Waals surface area contributed by atoms with Crippen LogP contribution in [-0.2, 0) is 4.79 Å². The molecule has 0 saturated heterocycles. The Bertz CT molecular complexity index is 1110. The number of rotatable bonds is 5. The van der Waals surface area contributed by atoms with Crippen molar-refractivity contribution in [3.8, 4) is 16.3 Å². The minimum Gasteiger partial charge on any atom is -0.497 e. The molecule has 4 nitrogen and oxygen atoms in total. The lowest BCUT2D eigenvalue weighted by molar-refractivity contribution is -0.117. The van der Waals surface area contributed by atoms with E-state index in [0.717, 1.165) is 38.3 Å². The van der Waals surface area contributed by atoms with E-state index in [0.29, 0.717) is 0 Å². The van der Waals surface area contributed by atoms with Crippen molar-refractivity contribution in [3.63, 3.8) is 0 Å². The van der Waals surface area contributed by atoms with E-state index >= 15 is 0 Å². The minimum absolute atomic E-state index is 0.0325. The zero-order valence-corrected chi connectivity index (χ0v) is 16.5. The van der Waals surface area contributed by atoms with E-state index in [1.54, 1.807) is 24.6 Å². The van der Waals surface area contributed by atoms with Crippen molar-refractivity contribution < 1.29 is 9.53 Å². The van der Waals surface area contributed by atoms with E-state index in [4.69, 9.17) is 4.74 Å². The van der Waals surface area contributed by atoms with E-state index in [1.165, 1.54) is 0 Å². The number of nitrogens with zero attached hydrogens (tertiary/aromatic N) is 1. The van der Waals surface area contributed by atoms with Crippen molar-refractivity contribution in [3.05, 3.63) is 77.8 Å². The Labute approximate surface area is 167 Å². The second-order valence-electron chi connectivity index (χ2n) is 6.60. The van der Waals surface area contributed by atoms with Gasteiger partial charge in [0.05, 0.1) is 13.0 Å². The van der Waals surface area contributed by atoms with Crippen molar-refractivity contribution in [1.29, 1.82) is 0 Å². The van der Waals surface area contributed by atoms with Crippen LogP contribution in [0.1, 0.15) is 18.4 Å². The predicted octanol–water partition coefficient (Wildman–Crippen LogP) is 5.71. The Hall–Kier alpha value is -3.18. The summed E-state index contributed by atoms with van der Waals surface area (Å²) in [5.41, 5.74) is 2.81. The van der Waals surface area contributed by atoms with Gasteiger partial charge in [-0.2, -0.15) is 0 Å². The molecule has 28 heavy (non-hydrogen) atoms. The highest BCUT2D eigenvalue weighted by Crippen LogP contribution is 2.27. The molecule has 0 spiro atoms. The zero-order chi connectivity index (χ0) is 19.5. The SMILES string of the molecule is COc1ccc2cc([C@H](C)C(=O)Nc3ccc(-c4nccs4)cc3)ccc2c1. The van der Waals surface area contributed by atoms with Crippen LogP contribution >= 0.6 is 11.3 Å². The molecule has 1 atom stereocenters. The van der Waals surface area contributed by atoms with Crippen LogP contribution in [-0.4, -0.2) is 18.0 Å². The smallest absolute Gasteiger partial charge is 0.231 e. The Morgan fingerprint density at radius 1 is 1.04 bits per heavy atom. The maximum atomic E-state index is 12.7. The minimum atomic E-state index is -0.259. The summed E-state index contributed by atoms with van der Waals surface area (Å²) in [7, 11) is 1.66. The van der Waals surface area contributed by atoms with Gasteiger partial charge in [0.15, 0.2) is 0 Å². The van der Waals surface area contributed by atoms with Crippen LogP contribution in [0.2, 0.25) is 0 Å². The summed E-state index contributed by atoms with van der Waals surface area (Å²) >= 11 is 1.59. The molecule has 4 aromatic rings. The molecule has 3 aromatic carbocycles. The fourth-order valence-electron chi connectivity index (χ4n) is 3.10. The van der Waals surface area contributed by atoms with Gasteiger partial charge in [-0.25, -0.2) is 4.98 Å². The average Bonchev–Trinajstić information content (AvgIpc) is 3.28. The summed E-state index contributed by atoms with van der Waals surface area (Å²) < 4.78 is 5.27. The number of ether oxygens (including phenoxy) is 1. The fourth-order valence-corrected chi connectivity index (χ4v) is 3.75. The molecule has 0 saturated carbocycles. The van der Waals surface area contributed by atoms with Gasteiger partial charge in [0, 0.05) is 22.8 Å². The van der Waals surface area contributed by atoms with Crippen molar-refractivity contribution in [2.75, 3.05) is 12.4 Å². The van der Waals surface area contributed by atoms with Crippen LogP contribution in [0.15, 0.2) is 72.2 Å². The molecule has 0 aliphatic rings. The summed E-state index contributed by atoms with van der Waals surface area (Å²) in [6, 6.07) is 19.8. The predicted molar refractivity (Wildman–Crippen MR) is 115 cm³/mol. The summed E-state index contributed by atoms with van der Waals surface area (Å²) in [6.07, 6.45) is 1.79. The highest BCUT2D eigenvalue weighted by Gasteiger charge is 2.16. The number of hydrogen-bond acceptors (Lipinski definition) is 4. The number of nitrogens with one attached hydrogen (secondary N) is 1. The summed E-state index contributed by atoms with van der Waals surface area (Å²) in [5.74, 6) is 0.534. The van der Waals surface area contributed by atoms with Gasteiger partial charge in [-0.3, -0.25) is 4.79 Å². The molecule has 0 unspecified atom stereocenters. The van der Waals surface area contributed by atoms with Gasteiger partial charge in [0.2, 0.25) is 5.91 Å². The number of aromatic nitrogens is 1. The molecule has 1 N–H and O–H groups in total. The van der Waals surface area contributed by atoms with Crippen LogP contribution in [0.4, 0.5) is 5.69 Å². The van der Waals surface area contributed by atoms with Crippen molar-refractivity contribution in [1.82, 2.24) is 4.98 Å². The molecule has 0 aliphatic heterocycles. The Morgan fingerprint density at radius 3 is 2.50 bits per heavy atom. The molecular weight excluding hydrogens is 368 g/mol.